The highest BCUT2D eigenvalue weighted by Gasteiger charge is 2.18. The standard InChI is InChI=1S/C17H18BrNO4/c1-11-15(17(21)22-3)9-14(23-11)10-19(2)16(20)8-12-4-6-13(18)7-5-12/h4-7,9H,8,10H2,1-3H3. The number of aryl methyl sites for hydroxylation is 1. The molecule has 1 aromatic heterocycles. The lowest BCUT2D eigenvalue weighted by atomic mass is 10.1. The first kappa shape index (κ1) is 17.3. The minimum absolute atomic E-state index is 0.0269. The monoisotopic (exact) mass is 379 g/mol. The van der Waals surface area contributed by atoms with Crippen LogP contribution in [0.3, 0.4) is 0 Å². The van der Waals surface area contributed by atoms with E-state index in [0.717, 1.165) is 10.0 Å². The Kier molecular flexibility index (Phi) is 5.60. The van der Waals surface area contributed by atoms with Crippen LogP contribution >= 0.6 is 15.9 Å². The predicted molar refractivity (Wildman–Crippen MR) is 89.1 cm³/mol. The smallest absolute Gasteiger partial charge is 0.341 e. The molecular weight excluding hydrogens is 362 g/mol. The molecule has 0 fully saturated rings. The van der Waals surface area contributed by atoms with E-state index in [0.29, 0.717) is 30.0 Å². The van der Waals surface area contributed by atoms with Crippen LogP contribution in [0.5, 0.6) is 0 Å². The molecule has 0 spiro atoms. The van der Waals surface area contributed by atoms with Crippen molar-refractivity contribution in [3.8, 4) is 0 Å². The van der Waals surface area contributed by atoms with Crippen LogP contribution in [-0.4, -0.2) is 30.9 Å². The Labute approximate surface area is 143 Å². The summed E-state index contributed by atoms with van der Waals surface area (Å²) < 4.78 is 11.2. The number of hydrogen-bond donors (Lipinski definition) is 0. The summed E-state index contributed by atoms with van der Waals surface area (Å²) in [6, 6.07) is 9.23. The number of halogens is 1. The number of furan rings is 1. The highest BCUT2D eigenvalue weighted by atomic mass is 79.9. The fraction of sp³-hybridized carbons (Fsp3) is 0.294. The second-order valence-corrected chi connectivity index (χ2v) is 6.14. The summed E-state index contributed by atoms with van der Waals surface area (Å²) in [7, 11) is 3.03. The van der Waals surface area contributed by atoms with Crippen molar-refractivity contribution < 1.29 is 18.7 Å². The quantitative estimate of drug-likeness (QED) is 0.747. The summed E-state index contributed by atoms with van der Waals surface area (Å²) in [6.45, 7) is 1.99. The van der Waals surface area contributed by atoms with E-state index >= 15 is 0 Å². The Morgan fingerprint density at radius 2 is 1.91 bits per heavy atom. The minimum Gasteiger partial charge on any atom is -0.465 e. The third-order valence-corrected chi connectivity index (χ3v) is 3.99. The first-order chi connectivity index (χ1) is 10.9. The maximum atomic E-state index is 12.3. The van der Waals surface area contributed by atoms with Crippen LogP contribution in [-0.2, 0) is 22.5 Å². The molecule has 0 aliphatic heterocycles. The van der Waals surface area contributed by atoms with Crippen LogP contribution in [0.25, 0.3) is 0 Å². The highest BCUT2D eigenvalue weighted by Crippen LogP contribution is 2.17. The predicted octanol–water partition coefficient (Wildman–Crippen LogP) is 3.34. The molecule has 122 valence electrons. The van der Waals surface area contributed by atoms with Crippen molar-refractivity contribution in [1.82, 2.24) is 4.90 Å². The van der Waals surface area contributed by atoms with Crippen molar-refractivity contribution in [3.63, 3.8) is 0 Å². The molecule has 0 radical (unpaired) electrons. The van der Waals surface area contributed by atoms with E-state index in [9.17, 15) is 9.59 Å². The van der Waals surface area contributed by atoms with E-state index in [2.05, 4.69) is 20.7 Å². The molecule has 0 aliphatic carbocycles. The van der Waals surface area contributed by atoms with Crippen LogP contribution in [0.15, 0.2) is 39.2 Å². The van der Waals surface area contributed by atoms with Gasteiger partial charge in [-0.2, -0.15) is 0 Å². The van der Waals surface area contributed by atoms with Gasteiger partial charge in [0.25, 0.3) is 0 Å². The van der Waals surface area contributed by atoms with E-state index in [1.165, 1.54) is 7.11 Å². The van der Waals surface area contributed by atoms with E-state index in [4.69, 9.17) is 4.42 Å². The average molecular weight is 380 g/mol. The summed E-state index contributed by atoms with van der Waals surface area (Å²) in [4.78, 5) is 25.4. The van der Waals surface area contributed by atoms with Gasteiger partial charge in [0.15, 0.2) is 0 Å². The van der Waals surface area contributed by atoms with Crippen LogP contribution in [0, 0.1) is 6.92 Å². The van der Waals surface area contributed by atoms with Gasteiger partial charge in [0, 0.05) is 11.5 Å². The molecule has 0 N–H and O–H groups in total. The zero-order valence-electron chi connectivity index (χ0n) is 13.3. The largest absolute Gasteiger partial charge is 0.465 e. The van der Waals surface area contributed by atoms with E-state index in [-0.39, 0.29) is 5.91 Å². The second kappa shape index (κ2) is 7.46. The van der Waals surface area contributed by atoms with Crippen LogP contribution in [0.2, 0.25) is 0 Å². The summed E-state index contributed by atoms with van der Waals surface area (Å²) in [5, 5.41) is 0. The number of nitrogens with zero attached hydrogens (tertiary/aromatic N) is 1. The zero-order valence-corrected chi connectivity index (χ0v) is 14.8. The highest BCUT2D eigenvalue weighted by molar-refractivity contribution is 9.10. The van der Waals surface area contributed by atoms with Crippen molar-refractivity contribution >= 4 is 27.8 Å². The molecule has 1 aromatic carbocycles. The summed E-state index contributed by atoms with van der Waals surface area (Å²) >= 11 is 3.37. The number of rotatable bonds is 5. The Hall–Kier alpha value is -2.08. The number of ether oxygens (including phenoxy) is 1. The van der Waals surface area contributed by atoms with Gasteiger partial charge in [-0.25, -0.2) is 4.79 Å². The van der Waals surface area contributed by atoms with E-state index < -0.39 is 5.97 Å². The summed E-state index contributed by atoms with van der Waals surface area (Å²) in [5.41, 5.74) is 1.33. The van der Waals surface area contributed by atoms with Crippen LogP contribution < -0.4 is 0 Å². The number of carbonyl (C=O) groups is 2. The lowest BCUT2D eigenvalue weighted by Crippen LogP contribution is -2.27. The number of hydrogen-bond acceptors (Lipinski definition) is 4. The number of esters is 1. The second-order valence-electron chi connectivity index (χ2n) is 5.23. The fourth-order valence-corrected chi connectivity index (χ4v) is 2.43. The van der Waals surface area contributed by atoms with Gasteiger partial charge in [0.2, 0.25) is 5.91 Å². The van der Waals surface area contributed by atoms with Gasteiger partial charge in [-0.1, -0.05) is 28.1 Å². The lowest BCUT2D eigenvalue weighted by molar-refractivity contribution is -0.129. The topological polar surface area (TPSA) is 59.8 Å². The normalized spacial score (nSPS) is 10.4. The first-order valence-corrected chi connectivity index (χ1v) is 7.86. The van der Waals surface area contributed by atoms with Crippen LogP contribution in [0.1, 0.15) is 27.4 Å². The molecule has 23 heavy (non-hydrogen) atoms. The SMILES string of the molecule is COC(=O)c1cc(CN(C)C(=O)Cc2ccc(Br)cc2)oc1C. The fourth-order valence-electron chi connectivity index (χ4n) is 2.17. The van der Waals surface area contributed by atoms with E-state index in [1.807, 2.05) is 24.3 Å². The molecule has 1 heterocycles. The van der Waals surface area contributed by atoms with Gasteiger partial charge in [-0.3, -0.25) is 4.79 Å². The molecule has 2 rings (SSSR count). The van der Waals surface area contributed by atoms with E-state index in [1.54, 1.807) is 24.9 Å². The maximum absolute atomic E-state index is 12.3. The molecular formula is C17H18BrNO4. The number of likely N-dealkylation sites (N-methyl/N-ethyl adjacent to an activating group) is 1. The molecule has 0 aliphatic rings. The lowest BCUT2D eigenvalue weighted by Gasteiger charge is -2.15. The Bertz CT molecular complexity index is 706. The van der Waals surface area contributed by atoms with Gasteiger partial charge >= 0.3 is 5.97 Å². The summed E-state index contributed by atoms with van der Waals surface area (Å²) in [6.07, 6.45) is 0.313. The van der Waals surface area contributed by atoms with Crippen molar-refractivity contribution in [1.29, 1.82) is 0 Å². The Morgan fingerprint density at radius 1 is 1.26 bits per heavy atom. The van der Waals surface area contributed by atoms with Gasteiger partial charge in [-0.05, 0) is 30.7 Å². The maximum Gasteiger partial charge on any atom is 0.341 e. The van der Waals surface area contributed by atoms with Crippen molar-refractivity contribution in [2.45, 2.75) is 19.9 Å². The van der Waals surface area contributed by atoms with Crippen molar-refractivity contribution in [2.75, 3.05) is 14.2 Å². The third-order valence-electron chi connectivity index (χ3n) is 3.46. The van der Waals surface area contributed by atoms with Gasteiger partial charge in [-0.15, -0.1) is 0 Å². The van der Waals surface area contributed by atoms with Gasteiger partial charge < -0.3 is 14.1 Å². The molecule has 0 unspecified atom stereocenters. The Balaban J connectivity index is 2.01. The van der Waals surface area contributed by atoms with Gasteiger partial charge in [0.05, 0.1) is 20.1 Å². The molecule has 0 atom stereocenters. The Morgan fingerprint density at radius 3 is 2.52 bits per heavy atom. The molecule has 2 aromatic rings. The molecule has 0 saturated carbocycles. The summed E-state index contributed by atoms with van der Waals surface area (Å²) in [5.74, 6) is 0.567. The molecule has 0 saturated heterocycles. The molecule has 5 nitrogen and oxygen atoms in total. The average Bonchev–Trinajstić information content (AvgIpc) is 2.89. The molecule has 0 bridgehead atoms. The molecule has 6 heteroatoms. The number of carbonyl (C=O) groups excluding carboxylic acids is 2. The minimum atomic E-state index is -0.443. The van der Waals surface area contributed by atoms with Gasteiger partial charge in [0.1, 0.15) is 17.1 Å². The molecule has 1 amide bonds. The van der Waals surface area contributed by atoms with Crippen LogP contribution in [0.4, 0.5) is 0 Å². The van der Waals surface area contributed by atoms with Crippen molar-refractivity contribution in [3.05, 3.63) is 57.5 Å². The van der Waals surface area contributed by atoms with Crippen molar-refractivity contribution in [2.24, 2.45) is 0 Å². The zero-order chi connectivity index (χ0) is 17.0. The number of benzene rings is 1. The number of methoxy groups -OCH3 is 1. The number of amides is 1. The first-order valence-electron chi connectivity index (χ1n) is 7.06. The third kappa shape index (κ3) is 4.45.